The Morgan fingerprint density at radius 2 is 1.75 bits per heavy atom. The molecule has 0 atom stereocenters. The maximum absolute atomic E-state index is 13.4. The number of benzene rings is 2. The largest absolute Gasteiger partial charge is 0.308 e. The van der Waals surface area contributed by atoms with Crippen molar-refractivity contribution in [1.29, 1.82) is 0 Å². The molecular weight excluding hydrogens is 410 g/mol. The summed E-state index contributed by atoms with van der Waals surface area (Å²) in [6.07, 6.45) is 2.00. The van der Waals surface area contributed by atoms with E-state index >= 15 is 0 Å². The maximum atomic E-state index is 13.4. The van der Waals surface area contributed by atoms with Crippen LogP contribution in [0.3, 0.4) is 0 Å². The van der Waals surface area contributed by atoms with Crippen molar-refractivity contribution >= 4 is 56.8 Å². The Labute approximate surface area is 181 Å². The van der Waals surface area contributed by atoms with E-state index in [1.54, 1.807) is 23.1 Å². The molecule has 0 aliphatic heterocycles. The predicted molar refractivity (Wildman–Crippen MR) is 125 cm³/mol. The highest BCUT2D eigenvalue weighted by Gasteiger charge is 2.24. The fraction of sp³-hybridized carbons (Fsp3) is 0.333. The van der Waals surface area contributed by atoms with E-state index in [9.17, 15) is 4.79 Å². The Morgan fingerprint density at radius 1 is 1.07 bits per heavy atom. The second-order valence-electron chi connectivity index (χ2n) is 6.83. The number of fused-ring (bicyclic) bond motifs is 1. The molecule has 0 bridgehead atoms. The van der Waals surface area contributed by atoms with Crippen LogP contribution in [0.2, 0.25) is 0 Å². The topological polar surface area (TPSA) is 36.4 Å². The normalized spacial score (nSPS) is 10.9. The highest BCUT2D eigenvalue weighted by Crippen LogP contribution is 2.34. The third kappa shape index (κ3) is 4.69. The van der Waals surface area contributed by atoms with Crippen LogP contribution in [-0.4, -0.2) is 49.2 Å². The quantitative estimate of drug-likeness (QED) is 0.494. The third-order valence-corrected chi connectivity index (χ3v) is 6.52. The highest BCUT2D eigenvalue weighted by molar-refractivity contribution is 7.98. The van der Waals surface area contributed by atoms with Crippen LogP contribution in [0, 0.1) is 13.8 Å². The molecule has 0 saturated carbocycles. The lowest BCUT2D eigenvalue weighted by Gasteiger charge is -2.22. The SMILES string of the molecule is CSc1ccccc1C(=O)N(CCN(C)C)c1nc2c(C)ccc(C)c2s1.Cl. The summed E-state index contributed by atoms with van der Waals surface area (Å²) >= 11 is 3.20. The van der Waals surface area contributed by atoms with Gasteiger partial charge in [0.1, 0.15) is 0 Å². The first-order valence-corrected chi connectivity index (χ1v) is 10.9. The lowest BCUT2D eigenvalue weighted by molar-refractivity contribution is 0.0982. The Bertz CT molecular complexity index is 932. The molecule has 1 amide bonds. The van der Waals surface area contributed by atoms with Crippen molar-refractivity contribution < 1.29 is 4.79 Å². The summed E-state index contributed by atoms with van der Waals surface area (Å²) in [7, 11) is 4.04. The van der Waals surface area contributed by atoms with E-state index in [-0.39, 0.29) is 18.3 Å². The summed E-state index contributed by atoms with van der Waals surface area (Å²) in [6.45, 7) is 5.55. The fourth-order valence-electron chi connectivity index (χ4n) is 2.91. The van der Waals surface area contributed by atoms with Gasteiger partial charge in [-0.15, -0.1) is 24.2 Å². The van der Waals surface area contributed by atoms with Crippen molar-refractivity contribution in [2.45, 2.75) is 18.7 Å². The standard InChI is InChI=1S/C21H25N3OS2.ClH/c1-14-10-11-15(2)19-18(14)22-21(27-19)24(13-12-23(3)4)20(25)16-8-6-7-9-17(16)26-5;/h6-11H,12-13H2,1-5H3;1H. The molecule has 0 saturated heterocycles. The van der Waals surface area contributed by atoms with Crippen LogP contribution >= 0.6 is 35.5 Å². The molecule has 0 N–H and O–H groups in total. The molecule has 3 rings (SSSR count). The molecule has 0 aliphatic rings. The van der Waals surface area contributed by atoms with E-state index in [1.165, 1.54) is 5.56 Å². The molecule has 28 heavy (non-hydrogen) atoms. The van der Waals surface area contributed by atoms with Gasteiger partial charge in [0.25, 0.3) is 5.91 Å². The van der Waals surface area contributed by atoms with Crippen molar-refractivity contribution in [3.63, 3.8) is 0 Å². The van der Waals surface area contributed by atoms with Crippen molar-refractivity contribution in [2.75, 3.05) is 38.3 Å². The molecule has 1 heterocycles. The minimum atomic E-state index is 0. The van der Waals surface area contributed by atoms with Gasteiger partial charge in [-0.3, -0.25) is 9.69 Å². The van der Waals surface area contributed by atoms with E-state index in [4.69, 9.17) is 4.98 Å². The molecule has 0 aliphatic carbocycles. The Morgan fingerprint density at radius 3 is 2.39 bits per heavy atom. The van der Waals surface area contributed by atoms with Crippen LogP contribution in [0.1, 0.15) is 21.5 Å². The van der Waals surface area contributed by atoms with Crippen LogP contribution in [-0.2, 0) is 0 Å². The van der Waals surface area contributed by atoms with Crippen molar-refractivity contribution in [3.05, 3.63) is 53.1 Å². The molecule has 0 spiro atoms. The summed E-state index contributed by atoms with van der Waals surface area (Å²) in [6, 6.07) is 12.0. The zero-order valence-electron chi connectivity index (χ0n) is 16.9. The van der Waals surface area contributed by atoms with E-state index in [0.717, 1.165) is 37.9 Å². The van der Waals surface area contributed by atoms with Gasteiger partial charge >= 0.3 is 0 Å². The smallest absolute Gasteiger partial charge is 0.261 e. The van der Waals surface area contributed by atoms with Crippen LogP contribution in [0.25, 0.3) is 10.2 Å². The van der Waals surface area contributed by atoms with E-state index in [1.807, 2.05) is 49.5 Å². The Hall–Kier alpha value is -1.60. The van der Waals surface area contributed by atoms with Gasteiger partial charge in [-0.25, -0.2) is 4.98 Å². The van der Waals surface area contributed by atoms with Crippen LogP contribution in [0.4, 0.5) is 5.13 Å². The third-order valence-electron chi connectivity index (χ3n) is 4.52. The number of hydrogen-bond acceptors (Lipinski definition) is 5. The fourth-order valence-corrected chi connectivity index (χ4v) is 4.64. The number of thiazole rings is 1. The van der Waals surface area contributed by atoms with Gasteiger partial charge in [-0.2, -0.15) is 0 Å². The second-order valence-corrected chi connectivity index (χ2v) is 8.66. The van der Waals surface area contributed by atoms with E-state index in [0.29, 0.717) is 6.54 Å². The number of likely N-dealkylation sites (N-methyl/N-ethyl adjacent to an activating group) is 1. The summed E-state index contributed by atoms with van der Waals surface area (Å²) in [4.78, 5) is 23.2. The van der Waals surface area contributed by atoms with Gasteiger partial charge in [0.05, 0.1) is 15.8 Å². The van der Waals surface area contributed by atoms with Crippen LogP contribution in [0.15, 0.2) is 41.3 Å². The van der Waals surface area contributed by atoms with Gasteiger partial charge in [0.2, 0.25) is 0 Å². The lowest BCUT2D eigenvalue weighted by Crippen LogP contribution is -2.37. The number of amides is 1. The summed E-state index contributed by atoms with van der Waals surface area (Å²) in [5, 5.41) is 0.769. The molecule has 1 aromatic heterocycles. The van der Waals surface area contributed by atoms with Gasteiger partial charge in [-0.05, 0) is 57.5 Å². The van der Waals surface area contributed by atoms with Crippen LogP contribution < -0.4 is 4.90 Å². The summed E-state index contributed by atoms with van der Waals surface area (Å²) in [5.41, 5.74) is 4.07. The predicted octanol–water partition coefficient (Wildman–Crippen LogP) is 5.27. The second kappa shape index (κ2) is 9.74. The zero-order chi connectivity index (χ0) is 19.6. The molecule has 7 heteroatoms. The number of anilines is 1. The number of carbonyl (C=O) groups excluding carboxylic acids is 1. The first-order valence-electron chi connectivity index (χ1n) is 8.88. The van der Waals surface area contributed by atoms with E-state index < -0.39 is 0 Å². The average Bonchev–Trinajstić information content (AvgIpc) is 3.11. The molecule has 3 aromatic rings. The van der Waals surface area contributed by atoms with E-state index in [2.05, 4.69) is 30.9 Å². The number of aromatic nitrogens is 1. The molecule has 0 radical (unpaired) electrons. The zero-order valence-corrected chi connectivity index (χ0v) is 19.3. The molecule has 150 valence electrons. The molecule has 2 aromatic carbocycles. The summed E-state index contributed by atoms with van der Waals surface area (Å²) < 4.78 is 1.16. The number of carbonyl (C=O) groups is 1. The lowest BCUT2D eigenvalue weighted by atomic mass is 10.1. The molecule has 4 nitrogen and oxygen atoms in total. The number of nitrogens with zero attached hydrogens (tertiary/aromatic N) is 3. The van der Waals surface area contributed by atoms with Gasteiger partial charge in [0.15, 0.2) is 5.13 Å². The molecule has 0 unspecified atom stereocenters. The number of halogens is 1. The van der Waals surface area contributed by atoms with Crippen molar-refractivity contribution in [1.82, 2.24) is 9.88 Å². The molecule has 0 fully saturated rings. The number of aryl methyl sites for hydroxylation is 2. The summed E-state index contributed by atoms with van der Waals surface area (Å²) in [5.74, 6) is 0.0103. The number of rotatable bonds is 6. The van der Waals surface area contributed by atoms with Crippen molar-refractivity contribution in [2.24, 2.45) is 0 Å². The number of thioether (sulfide) groups is 1. The van der Waals surface area contributed by atoms with Gasteiger partial charge in [0, 0.05) is 18.0 Å². The minimum Gasteiger partial charge on any atom is -0.308 e. The average molecular weight is 436 g/mol. The highest BCUT2D eigenvalue weighted by atomic mass is 35.5. The minimum absolute atomic E-state index is 0. The first kappa shape index (κ1) is 22.7. The maximum Gasteiger partial charge on any atom is 0.261 e. The van der Waals surface area contributed by atoms with Crippen molar-refractivity contribution in [3.8, 4) is 0 Å². The Kier molecular flexibility index (Phi) is 7.89. The van der Waals surface area contributed by atoms with Gasteiger partial charge < -0.3 is 4.90 Å². The molecular formula is C21H26ClN3OS2. The Balaban J connectivity index is 0.00000280. The van der Waals surface area contributed by atoms with Crippen LogP contribution in [0.5, 0.6) is 0 Å². The number of hydrogen-bond donors (Lipinski definition) is 0. The monoisotopic (exact) mass is 435 g/mol. The van der Waals surface area contributed by atoms with Gasteiger partial charge in [-0.1, -0.05) is 35.6 Å². The first-order chi connectivity index (χ1) is 12.9.